The monoisotopic (exact) mass is 1540 g/mol. The van der Waals surface area contributed by atoms with E-state index in [1.807, 2.05) is 24.3 Å². The molecule has 0 bridgehead atoms. The summed E-state index contributed by atoms with van der Waals surface area (Å²) in [6.07, 6.45) is 97.1. The third-order valence-corrected chi connectivity index (χ3v) is 18.0. The summed E-state index contributed by atoms with van der Waals surface area (Å²) in [5, 5.41) is 10.7. The van der Waals surface area contributed by atoms with E-state index in [1.165, 1.54) is 0 Å². The fourth-order valence-electron chi connectivity index (χ4n) is 10.0. The van der Waals surface area contributed by atoms with E-state index in [0.717, 1.165) is 193 Å². The van der Waals surface area contributed by atoms with Gasteiger partial charge in [0.25, 0.3) is 0 Å². The van der Waals surface area contributed by atoms with Crippen molar-refractivity contribution in [3.05, 3.63) is 194 Å². The first-order valence-corrected chi connectivity index (χ1v) is 43.7. The van der Waals surface area contributed by atoms with Gasteiger partial charge in [-0.1, -0.05) is 286 Å². The summed E-state index contributed by atoms with van der Waals surface area (Å²) in [7, 11) is -10.0. The molecule has 0 spiro atoms. The average Bonchev–Trinajstić information content (AvgIpc) is 0.901. The number of esters is 4. The molecule has 0 aromatic heterocycles. The number of rotatable bonds is 74. The van der Waals surface area contributed by atoms with Gasteiger partial charge in [-0.2, -0.15) is 0 Å². The van der Waals surface area contributed by atoms with Crippen LogP contribution in [0.1, 0.15) is 285 Å². The minimum absolute atomic E-state index is 0.0189. The van der Waals surface area contributed by atoms with Gasteiger partial charge in [-0.3, -0.25) is 37.3 Å². The van der Waals surface area contributed by atoms with Gasteiger partial charge in [0.15, 0.2) is 12.2 Å². The number of allylic oxidation sites excluding steroid dienone is 32. The molecule has 0 radical (unpaired) electrons. The molecule has 0 aromatic rings. The molecule has 0 aliphatic rings. The Kier molecular flexibility index (Phi) is 74.5. The van der Waals surface area contributed by atoms with Crippen molar-refractivity contribution in [3.8, 4) is 0 Å². The first-order chi connectivity index (χ1) is 52.7. The first-order valence-electron chi connectivity index (χ1n) is 40.7. The van der Waals surface area contributed by atoms with E-state index in [-0.39, 0.29) is 25.7 Å². The van der Waals surface area contributed by atoms with Gasteiger partial charge in [-0.25, -0.2) is 9.13 Å². The minimum atomic E-state index is -5.02. The molecule has 0 fully saturated rings. The maximum atomic E-state index is 13.1. The van der Waals surface area contributed by atoms with Gasteiger partial charge in [0.1, 0.15) is 19.3 Å². The Morgan fingerprint density at radius 2 is 0.472 bits per heavy atom. The van der Waals surface area contributed by atoms with Crippen molar-refractivity contribution >= 4 is 39.5 Å². The Labute approximate surface area is 653 Å². The maximum absolute atomic E-state index is 13.1. The summed E-state index contributed by atoms with van der Waals surface area (Å²) in [6.45, 7) is 4.25. The van der Waals surface area contributed by atoms with E-state index in [4.69, 9.17) is 37.0 Å². The van der Waals surface area contributed by atoms with Crippen LogP contribution in [0.25, 0.3) is 0 Å². The zero-order valence-electron chi connectivity index (χ0n) is 66.7. The SMILES string of the molecule is CC/C=C\C/C=C\C/C=C\C/C=C\C/C=C\C/C=C\CCC(=O)OCC(COP(=O)(O)OCC(O)COP(=O)(O)OCC(COC(=O)CCCCCCCCC/C=C\C/C=C\C/C=C\CC)OC(=O)CCCCCCCCC/C=C\C/C=C\C/C=C\CC)OC(=O)CCCC/C=C\C/C=C\C/C=C\C/C=C\CC. The summed E-state index contributed by atoms with van der Waals surface area (Å²) < 4.78 is 68.6. The second-order valence-electron chi connectivity index (χ2n) is 26.2. The van der Waals surface area contributed by atoms with E-state index in [0.29, 0.717) is 38.5 Å². The van der Waals surface area contributed by atoms with E-state index in [1.54, 1.807) is 0 Å². The molecule has 3 N–H and O–H groups in total. The van der Waals surface area contributed by atoms with E-state index in [9.17, 15) is 43.2 Å². The summed E-state index contributed by atoms with van der Waals surface area (Å²) in [5.74, 6) is -2.36. The lowest BCUT2D eigenvalue weighted by Crippen LogP contribution is -2.30. The standard InChI is InChI=1S/C89H142O17P2/c1-5-9-13-17-21-25-29-33-37-40-41-44-47-50-54-58-62-66-70-74-87(92)100-79-84(105-88(93)75-71-67-63-59-55-51-45-36-32-28-24-20-16-12-8-4)81-103-107(95,96)101-77-83(90)78-102-108(97,98)104-82-85(106-89(94)76-72-68-64-60-56-52-48-43-39-35-31-27-23-19-15-11-7-3)80-99-86(91)73-69-65-61-57-53-49-46-42-38-34-30-26-22-18-14-10-6-2/h9-16,21-28,33-39,41,44-45,50,54-55,59,62,66,83-85,90H,5-8,17-20,29-32,40,42-43,46-49,51-53,56-58,60-61,63-65,67-82H2,1-4H3,(H,95,96)(H,97,98)/b13-9-,14-10-,15-11-,16-12-,25-21-,26-22-,27-23-,28-24-,37-33-,38-34-,39-35-,44-41-,45-36-,54-50-,59-55-,66-62-. The lowest BCUT2D eigenvalue weighted by molar-refractivity contribution is -0.161. The number of carbonyl (C=O) groups excluding carboxylic acids is 4. The molecular weight excluding hydrogens is 1400 g/mol. The smallest absolute Gasteiger partial charge is 0.462 e. The number of aliphatic hydroxyl groups excluding tert-OH is 1. The molecule has 0 rings (SSSR count). The minimum Gasteiger partial charge on any atom is -0.462 e. The van der Waals surface area contributed by atoms with Crippen molar-refractivity contribution in [2.45, 2.75) is 303 Å². The lowest BCUT2D eigenvalue weighted by Gasteiger charge is -2.21. The molecule has 0 aliphatic heterocycles. The second kappa shape index (κ2) is 79.0. The molecule has 17 nitrogen and oxygen atoms in total. The molecule has 0 amide bonds. The second-order valence-corrected chi connectivity index (χ2v) is 29.1. The van der Waals surface area contributed by atoms with Gasteiger partial charge in [0, 0.05) is 25.7 Å². The van der Waals surface area contributed by atoms with Gasteiger partial charge in [-0.15, -0.1) is 0 Å². The summed E-state index contributed by atoms with van der Waals surface area (Å²) >= 11 is 0. The Balaban J connectivity index is 5.50. The zero-order valence-corrected chi connectivity index (χ0v) is 68.5. The molecule has 0 saturated carbocycles. The molecule has 19 heteroatoms. The third kappa shape index (κ3) is 78.0. The highest BCUT2D eigenvalue weighted by molar-refractivity contribution is 7.47. The van der Waals surface area contributed by atoms with E-state index >= 15 is 0 Å². The molecule has 0 saturated heterocycles. The number of unbranched alkanes of at least 4 members (excludes halogenated alkanes) is 16. The van der Waals surface area contributed by atoms with Crippen LogP contribution in [0.3, 0.4) is 0 Å². The molecular formula is C89H142O17P2. The largest absolute Gasteiger partial charge is 0.472 e. The third-order valence-electron chi connectivity index (χ3n) is 16.1. The first kappa shape index (κ1) is 102. The molecule has 108 heavy (non-hydrogen) atoms. The number of ether oxygens (including phenoxy) is 4. The molecule has 5 atom stereocenters. The fourth-order valence-corrected chi connectivity index (χ4v) is 11.6. The normalized spacial score (nSPS) is 14.8. The number of aliphatic hydroxyl groups is 1. The van der Waals surface area contributed by atoms with Gasteiger partial charge in [-0.05, 0) is 167 Å². The molecule has 0 heterocycles. The van der Waals surface area contributed by atoms with Crippen LogP contribution >= 0.6 is 15.6 Å². The molecule has 0 aliphatic carbocycles. The predicted octanol–water partition coefficient (Wildman–Crippen LogP) is 24.1. The van der Waals surface area contributed by atoms with Crippen LogP contribution in [0, 0.1) is 0 Å². The molecule has 5 unspecified atom stereocenters. The highest BCUT2D eigenvalue weighted by Gasteiger charge is 2.30. The van der Waals surface area contributed by atoms with Crippen molar-refractivity contribution in [3.63, 3.8) is 0 Å². The number of phosphoric ester groups is 2. The van der Waals surface area contributed by atoms with Crippen LogP contribution in [0.15, 0.2) is 194 Å². The number of carbonyl (C=O) groups is 4. The quantitative estimate of drug-likeness (QED) is 0.0169. The van der Waals surface area contributed by atoms with Gasteiger partial charge < -0.3 is 33.8 Å². The summed E-state index contributed by atoms with van der Waals surface area (Å²) in [5.41, 5.74) is 0. The Morgan fingerprint density at radius 3 is 0.769 bits per heavy atom. The average molecular weight is 1550 g/mol. The number of phosphoric acid groups is 2. The van der Waals surface area contributed by atoms with Crippen LogP contribution in [-0.2, 0) is 65.4 Å². The van der Waals surface area contributed by atoms with Crippen molar-refractivity contribution < 1.29 is 80.2 Å². The predicted molar refractivity (Wildman–Crippen MR) is 445 cm³/mol. The molecule has 610 valence electrons. The number of hydrogen-bond acceptors (Lipinski definition) is 15. The van der Waals surface area contributed by atoms with Crippen molar-refractivity contribution in [2.75, 3.05) is 39.6 Å². The zero-order chi connectivity index (χ0) is 78.9. The summed E-state index contributed by atoms with van der Waals surface area (Å²) in [4.78, 5) is 73.1. The summed E-state index contributed by atoms with van der Waals surface area (Å²) in [6, 6.07) is 0. The van der Waals surface area contributed by atoms with Gasteiger partial charge in [0.05, 0.1) is 26.4 Å². The maximum Gasteiger partial charge on any atom is 0.472 e. The van der Waals surface area contributed by atoms with Crippen LogP contribution in [0.5, 0.6) is 0 Å². The molecule has 0 aromatic carbocycles. The Hall–Kier alpha value is -6.10. The van der Waals surface area contributed by atoms with Crippen LogP contribution in [0.2, 0.25) is 0 Å². The van der Waals surface area contributed by atoms with Crippen molar-refractivity contribution in [1.82, 2.24) is 0 Å². The Morgan fingerprint density at radius 1 is 0.259 bits per heavy atom. The number of hydrogen-bond donors (Lipinski definition) is 3. The fraction of sp³-hybridized carbons (Fsp3) is 0.596. The van der Waals surface area contributed by atoms with Gasteiger partial charge >= 0.3 is 39.5 Å². The highest BCUT2D eigenvalue weighted by atomic mass is 31.2. The Bertz CT molecular complexity index is 2810. The highest BCUT2D eigenvalue weighted by Crippen LogP contribution is 2.45. The van der Waals surface area contributed by atoms with E-state index < -0.39 is 97.5 Å². The van der Waals surface area contributed by atoms with Crippen LogP contribution < -0.4 is 0 Å². The lowest BCUT2D eigenvalue weighted by atomic mass is 10.1. The van der Waals surface area contributed by atoms with Crippen molar-refractivity contribution in [1.29, 1.82) is 0 Å². The van der Waals surface area contributed by atoms with Crippen LogP contribution in [0.4, 0.5) is 0 Å². The van der Waals surface area contributed by atoms with Gasteiger partial charge in [0.2, 0.25) is 0 Å². The topological polar surface area (TPSA) is 237 Å². The van der Waals surface area contributed by atoms with Crippen molar-refractivity contribution in [2.24, 2.45) is 0 Å². The van der Waals surface area contributed by atoms with E-state index in [2.05, 4.69) is 198 Å². The van der Waals surface area contributed by atoms with Crippen LogP contribution in [-0.4, -0.2) is 96.7 Å².